The third-order valence-corrected chi connectivity index (χ3v) is 6.00. The predicted octanol–water partition coefficient (Wildman–Crippen LogP) is 4.89. The number of hydrogen-bond donors (Lipinski definition) is 3. The number of carbonyl (C=O) groups is 1. The van der Waals surface area contributed by atoms with Crippen molar-refractivity contribution >= 4 is 16.9 Å². The summed E-state index contributed by atoms with van der Waals surface area (Å²) < 4.78 is 5.38. The number of H-pyrrole nitrogens is 1. The Morgan fingerprint density at radius 1 is 1.06 bits per heavy atom. The Labute approximate surface area is 208 Å². The zero-order valence-corrected chi connectivity index (χ0v) is 19.9. The van der Waals surface area contributed by atoms with Gasteiger partial charge < -0.3 is 20.1 Å². The van der Waals surface area contributed by atoms with Gasteiger partial charge in [0.2, 0.25) is 5.88 Å². The van der Waals surface area contributed by atoms with Crippen LogP contribution in [0, 0.1) is 0 Å². The van der Waals surface area contributed by atoms with E-state index in [9.17, 15) is 9.90 Å². The van der Waals surface area contributed by atoms with Crippen molar-refractivity contribution in [2.45, 2.75) is 19.9 Å². The molecule has 0 fully saturated rings. The number of nitrogens with one attached hydrogen (secondary N) is 2. The Balaban J connectivity index is 1.40. The maximum atomic E-state index is 12.7. The minimum atomic E-state index is -0.206. The molecule has 3 aromatic heterocycles. The average Bonchev–Trinajstić information content (AvgIpc) is 3.35. The van der Waals surface area contributed by atoms with Crippen molar-refractivity contribution in [3.63, 3.8) is 0 Å². The Hall–Kier alpha value is -4.72. The highest BCUT2D eigenvalue weighted by molar-refractivity contribution is 5.97. The van der Waals surface area contributed by atoms with Gasteiger partial charge in [0.15, 0.2) is 0 Å². The molecule has 0 spiro atoms. The van der Waals surface area contributed by atoms with Crippen molar-refractivity contribution in [1.82, 2.24) is 25.3 Å². The second kappa shape index (κ2) is 9.87. The first-order valence-corrected chi connectivity index (χ1v) is 11.6. The van der Waals surface area contributed by atoms with E-state index in [0.717, 1.165) is 28.8 Å². The van der Waals surface area contributed by atoms with Crippen LogP contribution >= 0.6 is 0 Å². The molecule has 36 heavy (non-hydrogen) atoms. The number of ether oxygens (including phenoxy) is 1. The van der Waals surface area contributed by atoms with Crippen molar-refractivity contribution in [2.24, 2.45) is 0 Å². The number of carbonyl (C=O) groups excluding carboxylic acids is 1. The van der Waals surface area contributed by atoms with Crippen LogP contribution in [0.5, 0.6) is 11.6 Å². The molecule has 5 aromatic rings. The van der Waals surface area contributed by atoms with E-state index in [1.807, 2.05) is 36.5 Å². The van der Waals surface area contributed by atoms with Crippen LogP contribution in [0.3, 0.4) is 0 Å². The molecule has 0 radical (unpaired) electrons. The van der Waals surface area contributed by atoms with Gasteiger partial charge in [0.1, 0.15) is 11.6 Å². The molecule has 1 amide bonds. The van der Waals surface area contributed by atoms with Gasteiger partial charge in [-0.05, 0) is 66.1 Å². The summed E-state index contributed by atoms with van der Waals surface area (Å²) in [6.45, 7) is 2.42. The number of aryl methyl sites for hydroxylation is 1. The van der Waals surface area contributed by atoms with Crippen molar-refractivity contribution in [1.29, 1.82) is 0 Å². The predicted molar refractivity (Wildman–Crippen MR) is 138 cm³/mol. The molecule has 0 atom stereocenters. The lowest BCUT2D eigenvalue weighted by Crippen LogP contribution is -2.23. The van der Waals surface area contributed by atoms with E-state index in [0.29, 0.717) is 40.4 Å². The highest BCUT2D eigenvalue weighted by Crippen LogP contribution is 2.35. The maximum absolute atomic E-state index is 12.7. The van der Waals surface area contributed by atoms with Crippen LogP contribution in [0.4, 0.5) is 0 Å². The summed E-state index contributed by atoms with van der Waals surface area (Å²) in [7, 11) is 1.57. The first kappa shape index (κ1) is 23.0. The van der Waals surface area contributed by atoms with Gasteiger partial charge in [-0.3, -0.25) is 9.78 Å². The van der Waals surface area contributed by atoms with Crippen molar-refractivity contribution in [3.05, 3.63) is 89.9 Å². The molecule has 0 bridgehead atoms. The highest BCUT2D eigenvalue weighted by Gasteiger charge is 2.15. The number of phenolic OH excluding ortho intramolecular Hbond substituents is 1. The molecule has 2 aromatic carbocycles. The van der Waals surface area contributed by atoms with Crippen LogP contribution in [0.15, 0.2) is 73.1 Å². The van der Waals surface area contributed by atoms with Crippen LogP contribution < -0.4 is 10.1 Å². The average molecular weight is 480 g/mol. The minimum absolute atomic E-state index is 0.0835. The Morgan fingerprint density at radius 2 is 1.94 bits per heavy atom. The summed E-state index contributed by atoms with van der Waals surface area (Å²) in [5.74, 6) is 0.860. The number of nitrogens with zero attached hydrogens (tertiary/aromatic N) is 3. The van der Waals surface area contributed by atoms with Crippen molar-refractivity contribution in [2.75, 3.05) is 7.11 Å². The van der Waals surface area contributed by atoms with Gasteiger partial charge in [0, 0.05) is 23.5 Å². The Kier molecular flexibility index (Phi) is 6.32. The largest absolute Gasteiger partial charge is 0.507 e. The van der Waals surface area contributed by atoms with E-state index in [2.05, 4.69) is 32.2 Å². The van der Waals surface area contributed by atoms with E-state index < -0.39 is 0 Å². The number of phenols is 1. The zero-order valence-electron chi connectivity index (χ0n) is 19.9. The number of aromatic nitrogens is 4. The number of rotatable bonds is 7. The summed E-state index contributed by atoms with van der Waals surface area (Å²) in [4.78, 5) is 29.2. The van der Waals surface area contributed by atoms with E-state index in [1.165, 1.54) is 0 Å². The smallest absolute Gasteiger partial charge is 0.251 e. The van der Waals surface area contributed by atoms with Crippen molar-refractivity contribution < 1.29 is 14.6 Å². The number of benzene rings is 2. The van der Waals surface area contributed by atoms with Gasteiger partial charge in [-0.2, -0.15) is 0 Å². The number of imidazole rings is 1. The van der Waals surface area contributed by atoms with Gasteiger partial charge in [0.05, 0.1) is 35.9 Å². The molecule has 0 aliphatic carbocycles. The number of aromatic hydroxyl groups is 1. The van der Waals surface area contributed by atoms with Crippen LogP contribution in [-0.2, 0) is 13.0 Å². The van der Waals surface area contributed by atoms with Crippen LogP contribution in [0.2, 0.25) is 0 Å². The molecule has 3 heterocycles. The standard InChI is InChI=1S/C28H25N5O3/c1-3-17-6-9-20(30-15-17)16-31-27(35)19-7-10-23-24(14-19)33-26(32-23)22-13-18(8-11-25(22)34)21-5-4-12-29-28(21)36-2/h4-15,34H,3,16H2,1-2H3,(H,31,35)(H,32,33). The number of pyridine rings is 2. The molecule has 8 nitrogen and oxygen atoms in total. The number of hydrogen-bond acceptors (Lipinski definition) is 6. The second-order valence-corrected chi connectivity index (χ2v) is 8.30. The molecule has 8 heteroatoms. The molecule has 0 aliphatic rings. The number of amides is 1. The Morgan fingerprint density at radius 3 is 2.72 bits per heavy atom. The lowest BCUT2D eigenvalue weighted by molar-refractivity contribution is 0.0950. The normalized spacial score (nSPS) is 10.9. The first-order valence-electron chi connectivity index (χ1n) is 11.6. The van der Waals surface area contributed by atoms with Crippen LogP contribution in [-0.4, -0.2) is 38.1 Å². The molecule has 0 saturated carbocycles. The molecule has 0 aliphatic heterocycles. The van der Waals surface area contributed by atoms with Gasteiger partial charge in [-0.15, -0.1) is 0 Å². The molecule has 3 N–H and O–H groups in total. The van der Waals surface area contributed by atoms with Crippen molar-refractivity contribution in [3.8, 4) is 34.1 Å². The first-order chi connectivity index (χ1) is 17.6. The van der Waals surface area contributed by atoms with Gasteiger partial charge in [0.25, 0.3) is 5.91 Å². The number of fused-ring (bicyclic) bond motifs is 1. The molecular weight excluding hydrogens is 454 g/mol. The van der Waals surface area contributed by atoms with Gasteiger partial charge >= 0.3 is 0 Å². The van der Waals surface area contributed by atoms with E-state index in [4.69, 9.17) is 4.74 Å². The SMILES string of the molecule is CCc1ccc(CNC(=O)c2ccc3nc(-c4cc(-c5cccnc5OC)ccc4O)[nH]c3c2)nc1. The lowest BCUT2D eigenvalue weighted by atomic mass is 10.0. The molecular formula is C28H25N5O3. The van der Waals surface area contributed by atoms with Gasteiger partial charge in [-0.1, -0.05) is 19.1 Å². The van der Waals surface area contributed by atoms with Gasteiger partial charge in [-0.25, -0.2) is 9.97 Å². The van der Waals surface area contributed by atoms with E-state index in [-0.39, 0.29) is 11.7 Å². The van der Waals surface area contributed by atoms with E-state index >= 15 is 0 Å². The lowest BCUT2D eigenvalue weighted by Gasteiger charge is -2.09. The van der Waals surface area contributed by atoms with Crippen LogP contribution in [0.25, 0.3) is 33.5 Å². The summed E-state index contributed by atoms with van der Waals surface area (Å²) in [5, 5.41) is 13.5. The number of aromatic amines is 1. The third-order valence-electron chi connectivity index (χ3n) is 6.00. The fourth-order valence-corrected chi connectivity index (χ4v) is 3.99. The fraction of sp³-hybridized carbons (Fsp3) is 0.143. The zero-order chi connectivity index (χ0) is 25.1. The summed E-state index contributed by atoms with van der Waals surface area (Å²) in [6.07, 6.45) is 4.41. The number of methoxy groups -OCH3 is 1. The quantitative estimate of drug-likeness (QED) is 0.306. The summed E-state index contributed by atoms with van der Waals surface area (Å²) >= 11 is 0. The fourth-order valence-electron chi connectivity index (χ4n) is 3.99. The molecule has 180 valence electrons. The molecule has 0 saturated heterocycles. The van der Waals surface area contributed by atoms with E-state index in [1.54, 1.807) is 43.6 Å². The topological polar surface area (TPSA) is 113 Å². The summed E-state index contributed by atoms with van der Waals surface area (Å²) in [6, 6.07) is 18.2. The van der Waals surface area contributed by atoms with Crippen LogP contribution in [0.1, 0.15) is 28.5 Å². The second-order valence-electron chi connectivity index (χ2n) is 8.30. The monoisotopic (exact) mass is 479 g/mol. The highest BCUT2D eigenvalue weighted by atomic mass is 16.5. The third kappa shape index (κ3) is 4.61. The Bertz CT molecular complexity index is 1540. The summed E-state index contributed by atoms with van der Waals surface area (Å²) in [5.41, 5.74) is 5.98. The molecule has 5 rings (SSSR count). The molecule has 0 unspecified atom stereocenters. The maximum Gasteiger partial charge on any atom is 0.251 e. The minimum Gasteiger partial charge on any atom is -0.507 e.